The summed E-state index contributed by atoms with van der Waals surface area (Å²) in [6.45, 7) is 3.63. The van der Waals surface area contributed by atoms with Crippen LogP contribution in [0.25, 0.3) is 0 Å². The largest absolute Gasteiger partial charge is 0.480 e. The highest BCUT2D eigenvalue weighted by Gasteiger charge is 2.34. The minimum Gasteiger partial charge on any atom is -0.480 e. The first-order valence-electron chi connectivity index (χ1n) is 20.3. The Bertz CT molecular complexity index is 862. The van der Waals surface area contributed by atoms with E-state index in [9.17, 15) is 24.3 Å². The molecule has 0 aliphatic carbocycles. The van der Waals surface area contributed by atoms with E-state index in [1.165, 1.54) is 109 Å². The molecule has 0 radical (unpaired) electrons. The van der Waals surface area contributed by atoms with Crippen molar-refractivity contribution in [2.45, 2.75) is 218 Å². The molecule has 47 heavy (non-hydrogen) atoms. The molecule has 0 aromatic carbocycles. The van der Waals surface area contributed by atoms with E-state index in [0.29, 0.717) is 38.0 Å². The zero-order valence-electron chi connectivity index (χ0n) is 30.5. The van der Waals surface area contributed by atoms with Gasteiger partial charge in [-0.2, -0.15) is 0 Å². The minimum atomic E-state index is -0.868. The number of carbonyl (C=O) groups is 4. The van der Waals surface area contributed by atoms with Crippen molar-refractivity contribution < 1.29 is 24.3 Å². The van der Waals surface area contributed by atoms with E-state index in [2.05, 4.69) is 6.92 Å². The van der Waals surface area contributed by atoms with Crippen LogP contribution in [-0.2, 0) is 19.2 Å². The molecule has 0 aromatic rings. The van der Waals surface area contributed by atoms with Crippen LogP contribution in [0, 0.1) is 0 Å². The average molecular weight is 661 g/mol. The number of hydrogen-bond donors (Lipinski definition) is 1. The highest BCUT2D eigenvalue weighted by Crippen LogP contribution is 2.23. The fourth-order valence-electron chi connectivity index (χ4n) is 7.64. The van der Waals surface area contributed by atoms with Gasteiger partial charge in [0.1, 0.15) is 6.04 Å². The smallest absolute Gasteiger partial charge is 0.326 e. The number of carboxylic acid groups (broad SMARTS) is 1. The zero-order valence-corrected chi connectivity index (χ0v) is 30.5. The van der Waals surface area contributed by atoms with Gasteiger partial charge in [-0.1, -0.05) is 142 Å². The van der Waals surface area contributed by atoms with Crippen LogP contribution < -0.4 is 0 Å². The molecule has 0 bridgehead atoms. The van der Waals surface area contributed by atoms with Gasteiger partial charge in [0.25, 0.3) is 0 Å². The molecule has 272 valence electrons. The number of amides is 2. The molecule has 7 heteroatoms. The van der Waals surface area contributed by atoms with E-state index in [1.807, 2.05) is 4.90 Å². The molecular formula is C40H72N2O5. The molecule has 2 aliphatic rings. The summed E-state index contributed by atoms with van der Waals surface area (Å²) in [5.41, 5.74) is 0. The van der Waals surface area contributed by atoms with Gasteiger partial charge in [-0.05, 0) is 44.9 Å². The van der Waals surface area contributed by atoms with Crippen LogP contribution in [0.3, 0.4) is 0 Å². The summed E-state index contributed by atoms with van der Waals surface area (Å²) in [4.78, 5) is 52.8. The molecule has 2 fully saturated rings. The van der Waals surface area contributed by atoms with E-state index in [4.69, 9.17) is 0 Å². The number of nitrogens with zero attached hydrogens (tertiary/aromatic N) is 2. The van der Waals surface area contributed by atoms with E-state index in [1.54, 1.807) is 4.90 Å². The average Bonchev–Trinajstić information content (AvgIpc) is 3.76. The molecule has 7 nitrogen and oxygen atoms in total. The molecule has 0 spiro atoms. The first kappa shape index (κ1) is 41.3. The van der Waals surface area contributed by atoms with Crippen LogP contribution in [0.2, 0.25) is 0 Å². The summed E-state index contributed by atoms with van der Waals surface area (Å²) in [6, 6.07) is -0.759. The van der Waals surface area contributed by atoms with Gasteiger partial charge in [-0.25, -0.2) is 4.79 Å². The quantitative estimate of drug-likeness (QED) is 0.0774. The molecule has 2 aliphatic heterocycles. The Hall–Kier alpha value is -1.92. The van der Waals surface area contributed by atoms with Crippen LogP contribution in [0.5, 0.6) is 0 Å². The molecule has 1 unspecified atom stereocenters. The molecule has 2 rings (SSSR count). The van der Waals surface area contributed by atoms with Crippen molar-refractivity contribution in [3.8, 4) is 0 Å². The fourth-order valence-corrected chi connectivity index (χ4v) is 7.64. The van der Waals surface area contributed by atoms with Gasteiger partial charge in [0.05, 0.1) is 6.04 Å². The summed E-state index contributed by atoms with van der Waals surface area (Å²) in [6.07, 6.45) is 34.2. The van der Waals surface area contributed by atoms with Crippen LogP contribution in [0.4, 0.5) is 0 Å². The third-order valence-corrected chi connectivity index (χ3v) is 10.6. The van der Waals surface area contributed by atoms with Gasteiger partial charge in [-0.3, -0.25) is 14.4 Å². The maximum absolute atomic E-state index is 12.9. The van der Waals surface area contributed by atoms with E-state index < -0.39 is 12.0 Å². The standard InChI is InChI=1S/C40H72N2O5/c1-2-3-4-5-6-7-11-15-18-21-24-31-38(44)41-33-26-28-35(41)37(43)30-23-20-17-14-12-9-8-10-13-16-19-22-25-32-39(45)42-34-27-29-36(42)40(46)47/h35-36H,2-34H2,1H3,(H,46,47)/t35-,36?/m0/s1. The molecule has 0 saturated carbocycles. The predicted octanol–water partition coefficient (Wildman–Crippen LogP) is 10.2. The lowest BCUT2D eigenvalue weighted by Gasteiger charge is -2.24. The number of carboxylic acids is 1. The van der Waals surface area contributed by atoms with E-state index >= 15 is 0 Å². The molecule has 2 atom stereocenters. The maximum atomic E-state index is 12.9. The van der Waals surface area contributed by atoms with Gasteiger partial charge >= 0.3 is 5.97 Å². The van der Waals surface area contributed by atoms with Crippen molar-refractivity contribution in [1.29, 1.82) is 0 Å². The first-order valence-corrected chi connectivity index (χ1v) is 20.3. The molecule has 2 heterocycles. The Morgan fingerprint density at radius 1 is 0.468 bits per heavy atom. The van der Waals surface area contributed by atoms with Gasteiger partial charge in [0, 0.05) is 32.4 Å². The number of rotatable bonds is 30. The summed E-state index contributed by atoms with van der Waals surface area (Å²) >= 11 is 0. The predicted molar refractivity (Wildman–Crippen MR) is 192 cm³/mol. The van der Waals surface area contributed by atoms with Crippen LogP contribution >= 0.6 is 0 Å². The molecule has 0 aromatic heterocycles. The topological polar surface area (TPSA) is 95.0 Å². The number of hydrogen-bond acceptors (Lipinski definition) is 4. The second-order valence-corrected chi connectivity index (χ2v) is 14.7. The second kappa shape index (κ2) is 27.0. The molecule has 2 amide bonds. The second-order valence-electron chi connectivity index (χ2n) is 14.7. The van der Waals surface area contributed by atoms with Crippen molar-refractivity contribution >= 4 is 23.6 Å². The van der Waals surface area contributed by atoms with Crippen molar-refractivity contribution in [1.82, 2.24) is 9.80 Å². The Kier molecular flexibility index (Phi) is 23.7. The lowest BCUT2D eigenvalue weighted by molar-refractivity contribution is -0.148. The Balaban J connectivity index is 1.36. The normalized spacial score (nSPS) is 17.9. The number of aliphatic carboxylic acids is 1. The summed E-state index contributed by atoms with van der Waals surface area (Å²) in [5, 5.41) is 9.24. The Labute approximate surface area is 288 Å². The maximum Gasteiger partial charge on any atom is 0.326 e. The number of carbonyl (C=O) groups excluding carboxylic acids is 3. The van der Waals surface area contributed by atoms with Crippen LogP contribution in [-0.4, -0.2) is 63.6 Å². The Morgan fingerprint density at radius 3 is 1.17 bits per heavy atom. The van der Waals surface area contributed by atoms with Crippen molar-refractivity contribution in [3.05, 3.63) is 0 Å². The van der Waals surface area contributed by atoms with Crippen molar-refractivity contribution in [2.75, 3.05) is 13.1 Å². The number of likely N-dealkylation sites (tertiary alicyclic amines) is 2. The lowest BCUT2D eigenvalue weighted by Crippen LogP contribution is -2.40. The molecule has 1 N–H and O–H groups in total. The van der Waals surface area contributed by atoms with Crippen LogP contribution in [0.15, 0.2) is 0 Å². The fraction of sp³-hybridized carbons (Fsp3) is 0.900. The van der Waals surface area contributed by atoms with E-state index in [0.717, 1.165) is 70.8 Å². The zero-order chi connectivity index (χ0) is 34.0. The minimum absolute atomic E-state index is 0.0127. The number of unbranched alkanes of at least 4 members (excludes halogenated alkanes) is 22. The number of ketones is 1. The van der Waals surface area contributed by atoms with Crippen molar-refractivity contribution in [3.63, 3.8) is 0 Å². The lowest BCUT2D eigenvalue weighted by atomic mass is 10.0. The highest BCUT2D eigenvalue weighted by molar-refractivity contribution is 5.89. The van der Waals surface area contributed by atoms with Crippen molar-refractivity contribution in [2.24, 2.45) is 0 Å². The van der Waals surface area contributed by atoms with Gasteiger partial charge < -0.3 is 14.9 Å². The highest BCUT2D eigenvalue weighted by atomic mass is 16.4. The first-order chi connectivity index (χ1) is 23.0. The van der Waals surface area contributed by atoms with E-state index in [-0.39, 0.29) is 17.9 Å². The van der Waals surface area contributed by atoms with Gasteiger partial charge in [0.2, 0.25) is 11.8 Å². The van der Waals surface area contributed by atoms with Crippen LogP contribution in [0.1, 0.15) is 206 Å². The van der Waals surface area contributed by atoms with Gasteiger partial charge in [-0.15, -0.1) is 0 Å². The molecule has 2 saturated heterocycles. The molecular weight excluding hydrogens is 588 g/mol. The summed E-state index contributed by atoms with van der Waals surface area (Å²) < 4.78 is 0. The summed E-state index contributed by atoms with van der Waals surface area (Å²) in [7, 11) is 0. The monoisotopic (exact) mass is 661 g/mol. The Morgan fingerprint density at radius 2 is 0.787 bits per heavy atom. The number of Topliss-reactive ketones (excluding diaryl/α,β-unsaturated/α-hetero) is 1. The third-order valence-electron chi connectivity index (χ3n) is 10.6. The summed E-state index contributed by atoms with van der Waals surface area (Å²) in [5.74, 6) is -0.357. The van der Waals surface area contributed by atoms with Gasteiger partial charge in [0.15, 0.2) is 5.78 Å². The SMILES string of the molecule is CCCCCCCCCCCCCC(=O)N1CCC[C@H]1C(=O)CCCCCCCCCCCCCCCC(=O)N1CCCC1C(=O)O. The third kappa shape index (κ3) is 18.4.